The summed E-state index contributed by atoms with van der Waals surface area (Å²) in [5.74, 6) is 0.399. The Morgan fingerprint density at radius 1 is 1.44 bits per heavy atom. The molecule has 0 radical (unpaired) electrons. The highest BCUT2D eigenvalue weighted by Gasteiger charge is 2.07. The molecule has 0 fully saturated rings. The van der Waals surface area contributed by atoms with Crippen LogP contribution >= 0.6 is 0 Å². The first-order valence-corrected chi connectivity index (χ1v) is 5.45. The van der Waals surface area contributed by atoms with E-state index in [4.69, 9.17) is 4.74 Å². The quantitative estimate of drug-likeness (QED) is 0.864. The van der Waals surface area contributed by atoms with Gasteiger partial charge in [-0.15, -0.1) is 0 Å². The van der Waals surface area contributed by atoms with E-state index in [1.165, 1.54) is 6.20 Å². The summed E-state index contributed by atoms with van der Waals surface area (Å²) in [5.41, 5.74) is 1.45. The van der Waals surface area contributed by atoms with Gasteiger partial charge in [0.25, 0.3) is 5.91 Å². The summed E-state index contributed by atoms with van der Waals surface area (Å²) >= 11 is 0. The second-order valence-electron chi connectivity index (χ2n) is 3.79. The van der Waals surface area contributed by atoms with Gasteiger partial charge in [-0.1, -0.05) is 6.07 Å². The Morgan fingerprint density at radius 3 is 2.83 bits per heavy atom. The number of methoxy groups -OCH3 is 1. The van der Waals surface area contributed by atoms with E-state index in [1.54, 1.807) is 37.3 Å². The lowest BCUT2D eigenvalue weighted by Gasteiger charge is -2.04. The summed E-state index contributed by atoms with van der Waals surface area (Å²) in [5, 5.41) is 6.74. The molecule has 0 aromatic carbocycles. The first-order chi connectivity index (χ1) is 8.69. The Morgan fingerprint density at radius 2 is 2.28 bits per heavy atom. The lowest BCUT2D eigenvalue weighted by Crippen LogP contribution is -2.22. The second kappa shape index (κ2) is 5.31. The van der Waals surface area contributed by atoms with E-state index < -0.39 is 0 Å². The zero-order chi connectivity index (χ0) is 13.0. The van der Waals surface area contributed by atoms with E-state index in [0.717, 1.165) is 5.56 Å². The third-order valence-electron chi connectivity index (χ3n) is 2.43. The van der Waals surface area contributed by atoms with Crippen LogP contribution in [0.3, 0.4) is 0 Å². The van der Waals surface area contributed by atoms with Gasteiger partial charge in [-0.05, 0) is 5.56 Å². The van der Waals surface area contributed by atoms with Gasteiger partial charge in [0.15, 0.2) is 0 Å². The van der Waals surface area contributed by atoms with Crippen LogP contribution in [0.2, 0.25) is 0 Å². The van der Waals surface area contributed by atoms with Gasteiger partial charge in [-0.3, -0.25) is 9.48 Å². The largest absolute Gasteiger partial charge is 0.481 e. The summed E-state index contributed by atoms with van der Waals surface area (Å²) in [6.45, 7) is 0.421. The first-order valence-electron chi connectivity index (χ1n) is 5.45. The van der Waals surface area contributed by atoms with Crippen LogP contribution in [-0.2, 0) is 13.6 Å². The molecule has 0 aliphatic rings. The molecule has 1 amide bonds. The summed E-state index contributed by atoms with van der Waals surface area (Å²) in [7, 11) is 3.33. The molecule has 0 aliphatic heterocycles. The number of aromatic nitrogens is 3. The van der Waals surface area contributed by atoms with E-state index in [0.29, 0.717) is 18.0 Å². The number of aryl methyl sites for hydroxylation is 1. The number of hydrogen-bond donors (Lipinski definition) is 1. The number of rotatable bonds is 4. The van der Waals surface area contributed by atoms with Crippen LogP contribution in [0.4, 0.5) is 0 Å². The minimum Gasteiger partial charge on any atom is -0.481 e. The van der Waals surface area contributed by atoms with Crippen LogP contribution in [0.1, 0.15) is 15.9 Å². The number of hydrogen-bond acceptors (Lipinski definition) is 4. The fourth-order valence-electron chi connectivity index (χ4n) is 1.46. The van der Waals surface area contributed by atoms with Crippen LogP contribution < -0.4 is 10.1 Å². The molecule has 6 heteroatoms. The summed E-state index contributed by atoms with van der Waals surface area (Å²) in [4.78, 5) is 15.8. The normalized spacial score (nSPS) is 10.1. The molecule has 1 N–H and O–H groups in total. The van der Waals surface area contributed by atoms with Crippen molar-refractivity contribution in [2.24, 2.45) is 7.05 Å². The highest BCUT2D eigenvalue weighted by atomic mass is 16.5. The number of pyridine rings is 1. The number of carbonyl (C=O) groups excluding carboxylic acids is 1. The fraction of sp³-hybridized carbons (Fsp3) is 0.250. The van der Waals surface area contributed by atoms with E-state index in [1.807, 2.05) is 6.07 Å². The monoisotopic (exact) mass is 246 g/mol. The molecule has 0 unspecified atom stereocenters. The molecular formula is C12H14N4O2. The van der Waals surface area contributed by atoms with Gasteiger partial charge in [0, 0.05) is 32.1 Å². The zero-order valence-corrected chi connectivity index (χ0v) is 10.3. The molecule has 0 spiro atoms. The average molecular weight is 246 g/mol. The zero-order valence-electron chi connectivity index (χ0n) is 10.3. The molecule has 0 saturated carbocycles. The van der Waals surface area contributed by atoms with E-state index in [2.05, 4.69) is 15.4 Å². The van der Waals surface area contributed by atoms with E-state index >= 15 is 0 Å². The van der Waals surface area contributed by atoms with Crippen molar-refractivity contribution in [1.82, 2.24) is 20.1 Å². The predicted molar refractivity (Wildman–Crippen MR) is 65.2 cm³/mol. The Hall–Kier alpha value is -2.37. The van der Waals surface area contributed by atoms with Gasteiger partial charge in [-0.2, -0.15) is 5.10 Å². The first kappa shape index (κ1) is 12.1. The molecule has 6 nitrogen and oxygen atoms in total. The van der Waals surface area contributed by atoms with Gasteiger partial charge in [0.05, 0.1) is 18.9 Å². The van der Waals surface area contributed by atoms with Crippen molar-refractivity contribution in [2.45, 2.75) is 6.54 Å². The molecule has 0 aliphatic carbocycles. The third-order valence-corrected chi connectivity index (χ3v) is 2.43. The van der Waals surface area contributed by atoms with Gasteiger partial charge in [0.2, 0.25) is 5.88 Å². The van der Waals surface area contributed by atoms with Crippen molar-refractivity contribution in [3.8, 4) is 5.88 Å². The van der Waals surface area contributed by atoms with Crippen molar-refractivity contribution in [3.63, 3.8) is 0 Å². The highest BCUT2D eigenvalue weighted by molar-refractivity contribution is 5.93. The highest BCUT2D eigenvalue weighted by Crippen LogP contribution is 2.06. The Bertz CT molecular complexity index is 533. The maximum absolute atomic E-state index is 11.7. The van der Waals surface area contributed by atoms with E-state index in [-0.39, 0.29) is 5.91 Å². The lowest BCUT2D eigenvalue weighted by molar-refractivity contribution is 0.0951. The molecule has 0 saturated heterocycles. The summed E-state index contributed by atoms with van der Waals surface area (Å²) in [6.07, 6.45) is 4.87. The van der Waals surface area contributed by atoms with Gasteiger partial charge in [-0.25, -0.2) is 4.98 Å². The molecule has 2 rings (SSSR count). The Kier molecular flexibility index (Phi) is 3.57. The van der Waals surface area contributed by atoms with Crippen molar-refractivity contribution in [1.29, 1.82) is 0 Å². The van der Waals surface area contributed by atoms with E-state index in [9.17, 15) is 4.79 Å². The maximum atomic E-state index is 11.7. The SMILES string of the molecule is COc1ccc(CNC(=O)c2cnn(C)c2)cn1. The topological polar surface area (TPSA) is 69.0 Å². The van der Waals surface area contributed by atoms with Crippen molar-refractivity contribution in [3.05, 3.63) is 41.9 Å². The van der Waals surface area contributed by atoms with Crippen LogP contribution in [0.5, 0.6) is 5.88 Å². The van der Waals surface area contributed by atoms with Gasteiger partial charge >= 0.3 is 0 Å². The molecule has 2 aromatic rings. The second-order valence-corrected chi connectivity index (χ2v) is 3.79. The molecule has 0 bridgehead atoms. The van der Waals surface area contributed by atoms with Crippen molar-refractivity contribution < 1.29 is 9.53 Å². The molecular weight excluding hydrogens is 232 g/mol. The van der Waals surface area contributed by atoms with Crippen molar-refractivity contribution in [2.75, 3.05) is 7.11 Å². The fourth-order valence-corrected chi connectivity index (χ4v) is 1.46. The van der Waals surface area contributed by atoms with Gasteiger partial charge < -0.3 is 10.1 Å². The minimum atomic E-state index is -0.154. The maximum Gasteiger partial charge on any atom is 0.254 e. The minimum absolute atomic E-state index is 0.154. The number of nitrogens with one attached hydrogen (secondary N) is 1. The third kappa shape index (κ3) is 2.85. The summed E-state index contributed by atoms with van der Waals surface area (Å²) < 4.78 is 6.54. The van der Waals surface area contributed by atoms with Crippen LogP contribution in [0.15, 0.2) is 30.7 Å². The lowest BCUT2D eigenvalue weighted by atomic mass is 10.2. The van der Waals surface area contributed by atoms with Crippen LogP contribution in [0.25, 0.3) is 0 Å². The number of nitrogens with zero attached hydrogens (tertiary/aromatic N) is 3. The van der Waals surface area contributed by atoms with Crippen LogP contribution in [0, 0.1) is 0 Å². The summed E-state index contributed by atoms with van der Waals surface area (Å²) in [6, 6.07) is 3.61. The molecule has 2 aromatic heterocycles. The Labute approximate surface area is 105 Å². The predicted octanol–water partition coefficient (Wildman–Crippen LogP) is 0.754. The molecule has 18 heavy (non-hydrogen) atoms. The Balaban J connectivity index is 1.92. The molecule has 94 valence electrons. The van der Waals surface area contributed by atoms with Crippen molar-refractivity contribution >= 4 is 5.91 Å². The van der Waals surface area contributed by atoms with Gasteiger partial charge in [0.1, 0.15) is 0 Å². The number of ether oxygens (including phenoxy) is 1. The van der Waals surface area contributed by atoms with Crippen LogP contribution in [-0.4, -0.2) is 27.8 Å². The number of amides is 1. The number of carbonyl (C=O) groups is 1. The standard InChI is InChI=1S/C12H14N4O2/c1-16-8-10(7-15-16)12(17)14-6-9-3-4-11(18-2)13-5-9/h3-5,7-8H,6H2,1-2H3,(H,14,17). The molecule has 0 atom stereocenters. The average Bonchev–Trinajstić information content (AvgIpc) is 2.83. The smallest absolute Gasteiger partial charge is 0.254 e. The molecule has 2 heterocycles.